The van der Waals surface area contributed by atoms with Crippen molar-refractivity contribution in [2.45, 2.75) is 19.5 Å². The van der Waals surface area contributed by atoms with Crippen LogP contribution in [0.3, 0.4) is 0 Å². The minimum atomic E-state index is -1.22. The van der Waals surface area contributed by atoms with Gasteiger partial charge in [0.2, 0.25) is 0 Å². The molecule has 0 aliphatic heterocycles. The first kappa shape index (κ1) is 18.8. The van der Waals surface area contributed by atoms with Crippen molar-refractivity contribution in [3.8, 4) is 5.75 Å². The number of hydrogen-bond donors (Lipinski definition) is 0. The highest BCUT2D eigenvalue weighted by atomic mass is 19.1. The number of rotatable bonds is 7. The van der Waals surface area contributed by atoms with E-state index in [4.69, 9.17) is 4.74 Å². The van der Waals surface area contributed by atoms with Crippen molar-refractivity contribution < 1.29 is 13.5 Å². The van der Waals surface area contributed by atoms with Gasteiger partial charge >= 0.3 is 0 Å². The van der Waals surface area contributed by atoms with Crippen LogP contribution < -0.4 is 4.74 Å². The Morgan fingerprint density at radius 2 is 1.56 bits per heavy atom. The Hall–Kier alpha value is -2.94. The summed E-state index contributed by atoms with van der Waals surface area (Å²) in [6.45, 7) is 2.57. The van der Waals surface area contributed by atoms with E-state index in [0.717, 1.165) is 16.9 Å². The standard InChI is InChI=1S/C24H22F2O/c1-2-27-22-14-11-18(12-15-22)8-9-19-10-13-21(23(25)16-19)17-24(26)20-6-4-3-5-7-20/h3-16,24H,2,17H2,1H3/t24-/m0/s1. The van der Waals surface area contributed by atoms with E-state index < -0.39 is 6.17 Å². The second kappa shape index (κ2) is 9.13. The van der Waals surface area contributed by atoms with Crippen LogP contribution in [0.2, 0.25) is 0 Å². The van der Waals surface area contributed by atoms with Crippen LogP contribution in [0.4, 0.5) is 8.78 Å². The summed E-state index contributed by atoms with van der Waals surface area (Å²) in [5.74, 6) is 0.437. The molecule has 0 aromatic heterocycles. The molecule has 3 rings (SSSR count). The highest BCUT2D eigenvalue weighted by molar-refractivity contribution is 5.70. The molecule has 0 unspecified atom stereocenters. The second-order valence-electron chi connectivity index (χ2n) is 6.27. The molecule has 0 N–H and O–H groups in total. The molecule has 1 atom stereocenters. The Morgan fingerprint density at radius 3 is 2.22 bits per heavy atom. The summed E-state index contributed by atoms with van der Waals surface area (Å²) in [6, 6.07) is 21.4. The van der Waals surface area contributed by atoms with Crippen molar-refractivity contribution in [1.82, 2.24) is 0 Å². The first-order valence-corrected chi connectivity index (χ1v) is 9.04. The van der Waals surface area contributed by atoms with Crippen LogP contribution in [0, 0.1) is 5.82 Å². The fourth-order valence-corrected chi connectivity index (χ4v) is 2.84. The smallest absolute Gasteiger partial charge is 0.129 e. The van der Waals surface area contributed by atoms with E-state index in [1.165, 1.54) is 6.07 Å². The van der Waals surface area contributed by atoms with Crippen LogP contribution in [-0.2, 0) is 6.42 Å². The fraction of sp³-hybridized carbons (Fsp3) is 0.167. The van der Waals surface area contributed by atoms with Gasteiger partial charge in [-0.2, -0.15) is 0 Å². The molecule has 138 valence electrons. The maximum Gasteiger partial charge on any atom is 0.129 e. The summed E-state index contributed by atoms with van der Waals surface area (Å²) in [5.41, 5.74) is 2.68. The Labute approximate surface area is 158 Å². The van der Waals surface area contributed by atoms with E-state index >= 15 is 0 Å². The van der Waals surface area contributed by atoms with Gasteiger partial charge in [-0.05, 0) is 47.4 Å². The molecule has 3 aromatic carbocycles. The minimum Gasteiger partial charge on any atom is -0.494 e. The van der Waals surface area contributed by atoms with Crippen LogP contribution in [-0.4, -0.2) is 6.61 Å². The first-order chi connectivity index (χ1) is 13.2. The second-order valence-corrected chi connectivity index (χ2v) is 6.27. The van der Waals surface area contributed by atoms with Crippen LogP contribution in [0.25, 0.3) is 12.2 Å². The summed E-state index contributed by atoms with van der Waals surface area (Å²) in [4.78, 5) is 0. The molecule has 3 heteroatoms. The maximum absolute atomic E-state index is 14.4. The number of hydrogen-bond acceptors (Lipinski definition) is 1. The van der Waals surface area contributed by atoms with Gasteiger partial charge in [-0.25, -0.2) is 8.78 Å². The summed E-state index contributed by atoms with van der Waals surface area (Å²) in [5, 5.41) is 0. The quantitative estimate of drug-likeness (QED) is 0.427. The summed E-state index contributed by atoms with van der Waals surface area (Å²) in [6.07, 6.45) is 2.56. The van der Waals surface area contributed by atoms with Gasteiger partial charge in [0, 0.05) is 6.42 Å². The van der Waals surface area contributed by atoms with Gasteiger partial charge in [0.05, 0.1) is 6.61 Å². The average Bonchev–Trinajstić information content (AvgIpc) is 2.70. The molecule has 0 spiro atoms. The van der Waals surface area contributed by atoms with Crippen molar-refractivity contribution >= 4 is 12.2 Å². The zero-order chi connectivity index (χ0) is 19.1. The topological polar surface area (TPSA) is 9.23 Å². The van der Waals surface area contributed by atoms with Crippen molar-refractivity contribution in [2.75, 3.05) is 6.61 Å². The third-order valence-electron chi connectivity index (χ3n) is 4.30. The van der Waals surface area contributed by atoms with Gasteiger partial charge in [-0.1, -0.05) is 66.7 Å². The molecule has 0 aliphatic carbocycles. The van der Waals surface area contributed by atoms with Gasteiger partial charge in [0.1, 0.15) is 17.7 Å². The monoisotopic (exact) mass is 364 g/mol. The van der Waals surface area contributed by atoms with E-state index in [1.54, 1.807) is 36.4 Å². The van der Waals surface area contributed by atoms with E-state index in [9.17, 15) is 8.78 Å². The number of alkyl halides is 1. The zero-order valence-electron chi connectivity index (χ0n) is 15.2. The Balaban J connectivity index is 1.67. The van der Waals surface area contributed by atoms with E-state index in [0.29, 0.717) is 17.7 Å². The molecule has 0 saturated carbocycles. The molecule has 0 radical (unpaired) electrons. The third kappa shape index (κ3) is 5.27. The lowest BCUT2D eigenvalue weighted by atomic mass is 10.0. The average molecular weight is 364 g/mol. The number of halogens is 2. The molecule has 0 amide bonds. The molecule has 0 aliphatic rings. The predicted octanol–water partition coefficient (Wildman–Crippen LogP) is 6.65. The van der Waals surface area contributed by atoms with Crippen molar-refractivity contribution in [3.63, 3.8) is 0 Å². The van der Waals surface area contributed by atoms with Crippen molar-refractivity contribution in [2.24, 2.45) is 0 Å². The Morgan fingerprint density at radius 1 is 0.889 bits per heavy atom. The lowest BCUT2D eigenvalue weighted by Crippen LogP contribution is -1.99. The summed E-state index contributed by atoms with van der Waals surface area (Å²) >= 11 is 0. The lowest BCUT2D eigenvalue weighted by Gasteiger charge is -2.10. The van der Waals surface area contributed by atoms with Crippen LogP contribution in [0.1, 0.15) is 35.3 Å². The molecular formula is C24H22F2O. The van der Waals surface area contributed by atoms with E-state index in [2.05, 4.69) is 0 Å². The fourth-order valence-electron chi connectivity index (χ4n) is 2.84. The van der Waals surface area contributed by atoms with Crippen LogP contribution in [0.15, 0.2) is 72.8 Å². The number of ether oxygens (including phenoxy) is 1. The molecule has 3 aromatic rings. The largest absolute Gasteiger partial charge is 0.494 e. The lowest BCUT2D eigenvalue weighted by molar-refractivity contribution is 0.338. The predicted molar refractivity (Wildman–Crippen MR) is 107 cm³/mol. The van der Waals surface area contributed by atoms with Crippen LogP contribution >= 0.6 is 0 Å². The van der Waals surface area contributed by atoms with E-state index in [-0.39, 0.29) is 12.2 Å². The molecule has 0 heterocycles. The summed E-state index contributed by atoms with van der Waals surface area (Å²) < 4.78 is 34.2. The Bertz CT molecular complexity index is 886. The Kier molecular flexibility index (Phi) is 6.37. The van der Waals surface area contributed by atoms with Crippen molar-refractivity contribution in [1.29, 1.82) is 0 Å². The van der Waals surface area contributed by atoms with Gasteiger partial charge in [0.15, 0.2) is 0 Å². The van der Waals surface area contributed by atoms with Gasteiger partial charge in [-0.3, -0.25) is 0 Å². The molecule has 27 heavy (non-hydrogen) atoms. The molecule has 1 nitrogen and oxygen atoms in total. The SMILES string of the molecule is CCOc1ccc(C=Cc2ccc(C[C@H](F)c3ccccc3)c(F)c2)cc1. The molecule has 0 fully saturated rings. The van der Waals surface area contributed by atoms with Gasteiger partial charge in [-0.15, -0.1) is 0 Å². The summed E-state index contributed by atoms with van der Waals surface area (Å²) in [7, 11) is 0. The van der Waals surface area contributed by atoms with E-state index in [1.807, 2.05) is 49.4 Å². The maximum atomic E-state index is 14.4. The zero-order valence-corrected chi connectivity index (χ0v) is 15.2. The number of benzene rings is 3. The highest BCUT2D eigenvalue weighted by Crippen LogP contribution is 2.24. The first-order valence-electron chi connectivity index (χ1n) is 9.04. The molecular weight excluding hydrogens is 342 g/mol. The van der Waals surface area contributed by atoms with Crippen molar-refractivity contribution in [3.05, 3.63) is 101 Å². The minimum absolute atomic E-state index is 0.0265. The van der Waals surface area contributed by atoms with Gasteiger partial charge < -0.3 is 4.74 Å². The molecule has 0 saturated heterocycles. The van der Waals surface area contributed by atoms with Gasteiger partial charge in [0.25, 0.3) is 0 Å². The molecule has 0 bridgehead atoms. The highest BCUT2D eigenvalue weighted by Gasteiger charge is 2.13. The third-order valence-corrected chi connectivity index (χ3v) is 4.30. The normalized spacial score (nSPS) is 12.3. The van der Waals surface area contributed by atoms with Crippen LogP contribution in [0.5, 0.6) is 5.75 Å².